The summed E-state index contributed by atoms with van der Waals surface area (Å²) in [5, 5.41) is 3.21. The highest BCUT2D eigenvalue weighted by molar-refractivity contribution is 5.80. The van der Waals surface area contributed by atoms with Crippen molar-refractivity contribution >= 4 is 5.91 Å². The summed E-state index contributed by atoms with van der Waals surface area (Å²) in [6.07, 6.45) is 1.93. The van der Waals surface area contributed by atoms with E-state index in [0.717, 1.165) is 51.5 Å². The van der Waals surface area contributed by atoms with Crippen LogP contribution in [0.3, 0.4) is 0 Å². The monoisotopic (exact) mass is 406 g/mol. The quantitative estimate of drug-likeness (QED) is 0.768. The zero-order valence-corrected chi connectivity index (χ0v) is 18.5. The number of rotatable bonds is 7. The molecule has 0 saturated carbocycles. The number of carbonyl (C=O) groups is 1. The van der Waals surface area contributed by atoms with E-state index in [9.17, 15) is 4.79 Å². The maximum absolute atomic E-state index is 13.1. The number of aryl methyl sites for hydroxylation is 1. The van der Waals surface area contributed by atoms with Crippen molar-refractivity contribution in [3.63, 3.8) is 0 Å². The van der Waals surface area contributed by atoms with Gasteiger partial charge in [0.1, 0.15) is 0 Å². The number of aromatic nitrogens is 1. The average molecular weight is 407 g/mol. The van der Waals surface area contributed by atoms with Crippen molar-refractivity contribution in [1.29, 1.82) is 0 Å². The minimum atomic E-state index is 0.0561. The summed E-state index contributed by atoms with van der Waals surface area (Å²) in [6.45, 7) is 12.6. The SMILES string of the molecule is Cc1ccc(CN2CC3(CN(Cc4ccccc4)C[C@H]3C(=O)NCC(C)C)C2)nc1. The molecule has 0 aliphatic carbocycles. The molecule has 1 atom stereocenters. The van der Waals surface area contributed by atoms with Gasteiger partial charge in [-0.25, -0.2) is 0 Å². The third kappa shape index (κ3) is 4.73. The van der Waals surface area contributed by atoms with Gasteiger partial charge in [-0.1, -0.05) is 50.2 Å². The average Bonchev–Trinajstić information content (AvgIpc) is 3.07. The van der Waals surface area contributed by atoms with Gasteiger partial charge in [-0.15, -0.1) is 0 Å². The van der Waals surface area contributed by atoms with Crippen molar-refractivity contribution in [3.8, 4) is 0 Å². The molecule has 1 N–H and O–H groups in total. The number of nitrogens with zero attached hydrogens (tertiary/aromatic N) is 3. The van der Waals surface area contributed by atoms with Crippen molar-refractivity contribution in [3.05, 3.63) is 65.5 Å². The molecule has 2 saturated heterocycles. The zero-order valence-electron chi connectivity index (χ0n) is 18.5. The van der Waals surface area contributed by atoms with Gasteiger partial charge in [0.05, 0.1) is 11.6 Å². The number of likely N-dealkylation sites (tertiary alicyclic amines) is 2. The van der Waals surface area contributed by atoms with E-state index in [2.05, 4.69) is 83.3 Å². The van der Waals surface area contributed by atoms with Crippen LogP contribution < -0.4 is 5.32 Å². The Bertz CT molecular complexity index is 843. The lowest BCUT2D eigenvalue weighted by Crippen LogP contribution is -2.62. The maximum Gasteiger partial charge on any atom is 0.225 e. The predicted molar refractivity (Wildman–Crippen MR) is 120 cm³/mol. The van der Waals surface area contributed by atoms with E-state index in [4.69, 9.17) is 0 Å². The number of amides is 1. The number of benzene rings is 1. The van der Waals surface area contributed by atoms with Crippen LogP contribution in [0.2, 0.25) is 0 Å². The molecule has 5 nitrogen and oxygen atoms in total. The van der Waals surface area contributed by atoms with E-state index >= 15 is 0 Å². The Kier molecular flexibility index (Phi) is 6.21. The normalized spacial score (nSPS) is 21.1. The molecule has 2 aliphatic heterocycles. The second-order valence-corrected chi connectivity index (χ2v) is 9.68. The van der Waals surface area contributed by atoms with Crippen molar-refractivity contribution in [1.82, 2.24) is 20.1 Å². The standard InChI is InChI=1S/C25H34N4O/c1-19(2)11-27-24(30)23-15-28(13-21-7-5-4-6-8-21)16-25(23)17-29(18-25)14-22-10-9-20(3)12-26-22/h4-10,12,19,23H,11,13-18H2,1-3H3,(H,27,30)/t23-/m0/s1. The number of hydrogen-bond donors (Lipinski definition) is 1. The molecule has 5 heteroatoms. The Morgan fingerprint density at radius 2 is 1.83 bits per heavy atom. The molecule has 2 fully saturated rings. The van der Waals surface area contributed by atoms with E-state index in [-0.39, 0.29) is 17.2 Å². The highest BCUT2D eigenvalue weighted by atomic mass is 16.2. The van der Waals surface area contributed by atoms with Gasteiger partial charge in [-0.2, -0.15) is 0 Å². The number of carbonyl (C=O) groups excluding carboxylic acids is 1. The van der Waals surface area contributed by atoms with Crippen LogP contribution in [-0.2, 0) is 17.9 Å². The second kappa shape index (κ2) is 8.86. The number of nitrogens with one attached hydrogen (secondary N) is 1. The fourth-order valence-corrected chi connectivity index (χ4v) is 4.92. The van der Waals surface area contributed by atoms with Crippen molar-refractivity contribution in [2.45, 2.75) is 33.9 Å². The van der Waals surface area contributed by atoms with E-state index in [0.29, 0.717) is 5.92 Å². The van der Waals surface area contributed by atoms with Gasteiger partial charge < -0.3 is 5.32 Å². The van der Waals surface area contributed by atoms with Crippen LogP contribution in [0.15, 0.2) is 48.7 Å². The Balaban J connectivity index is 1.43. The lowest BCUT2D eigenvalue weighted by Gasteiger charge is -2.50. The van der Waals surface area contributed by atoms with Gasteiger partial charge in [0.15, 0.2) is 0 Å². The fourth-order valence-electron chi connectivity index (χ4n) is 4.92. The Morgan fingerprint density at radius 3 is 2.50 bits per heavy atom. The third-order valence-corrected chi connectivity index (χ3v) is 6.40. The summed E-state index contributed by atoms with van der Waals surface area (Å²) in [5.41, 5.74) is 3.67. The molecule has 2 aliphatic rings. The summed E-state index contributed by atoms with van der Waals surface area (Å²) in [6, 6.07) is 14.8. The molecule has 30 heavy (non-hydrogen) atoms. The summed E-state index contributed by atoms with van der Waals surface area (Å²) in [4.78, 5) is 22.6. The maximum atomic E-state index is 13.1. The van der Waals surface area contributed by atoms with Gasteiger partial charge in [0, 0.05) is 57.4 Å². The fraction of sp³-hybridized carbons (Fsp3) is 0.520. The van der Waals surface area contributed by atoms with Gasteiger partial charge in [0.25, 0.3) is 0 Å². The first-order valence-electron chi connectivity index (χ1n) is 11.1. The van der Waals surface area contributed by atoms with Crippen LogP contribution in [0.1, 0.15) is 30.7 Å². The van der Waals surface area contributed by atoms with E-state index in [1.165, 1.54) is 11.1 Å². The van der Waals surface area contributed by atoms with Crippen LogP contribution in [0.4, 0.5) is 0 Å². The van der Waals surface area contributed by atoms with E-state index in [1.54, 1.807) is 0 Å². The van der Waals surface area contributed by atoms with Gasteiger partial charge in [-0.3, -0.25) is 19.6 Å². The Morgan fingerprint density at radius 1 is 1.10 bits per heavy atom. The lowest BCUT2D eigenvalue weighted by atomic mass is 9.71. The van der Waals surface area contributed by atoms with Crippen molar-refractivity contribution < 1.29 is 4.79 Å². The van der Waals surface area contributed by atoms with Gasteiger partial charge in [-0.05, 0) is 30.0 Å². The van der Waals surface area contributed by atoms with Crippen LogP contribution in [-0.4, -0.2) is 53.4 Å². The first-order chi connectivity index (χ1) is 14.4. The zero-order chi connectivity index (χ0) is 21.1. The predicted octanol–water partition coefficient (Wildman–Crippen LogP) is 3.10. The molecule has 0 unspecified atom stereocenters. The summed E-state index contributed by atoms with van der Waals surface area (Å²) < 4.78 is 0. The van der Waals surface area contributed by atoms with Gasteiger partial charge in [0.2, 0.25) is 5.91 Å². The van der Waals surface area contributed by atoms with Crippen LogP contribution in [0, 0.1) is 24.2 Å². The van der Waals surface area contributed by atoms with Crippen LogP contribution >= 0.6 is 0 Å². The molecule has 2 aromatic rings. The highest BCUT2D eigenvalue weighted by Crippen LogP contribution is 2.45. The molecular weight excluding hydrogens is 372 g/mol. The molecular formula is C25H34N4O. The van der Waals surface area contributed by atoms with E-state index < -0.39 is 0 Å². The summed E-state index contributed by atoms with van der Waals surface area (Å²) in [5.74, 6) is 0.756. The third-order valence-electron chi connectivity index (χ3n) is 6.40. The summed E-state index contributed by atoms with van der Waals surface area (Å²) in [7, 11) is 0. The molecule has 160 valence electrons. The van der Waals surface area contributed by atoms with Crippen LogP contribution in [0.25, 0.3) is 0 Å². The van der Waals surface area contributed by atoms with E-state index in [1.807, 2.05) is 6.20 Å². The topological polar surface area (TPSA) is 48.5 Å². The smallest absolute Gasteiger partial charge is 0.225 e. The number of hydrogen-bond acceptors (Lipinski definition) is 4. The highest BCUT2D eigenvalue weighted by Gasteiger charge is 2.56. The molecule has 1 spiro atoms. The van der Waals surface area contributed by atoms with Gasteiger partial charge >= 0.3 is 0 Å². The summed E-state index contributed by atoms with van der Waals surface area (Å²) >= 11 is 0. The van der Waals surface area contributed by atoms with Crippen LogP contribution in [0.5, 0.6) is 0 Å². The number of pyridine rings is 1. The minimum absolute atomic E-state index is 0.0561. The molecule has 4 rings (SSSR count). The lowest BCUT2D eigenvalue weighted by molar-refractivity contribution is -0.133. The molecule has 1 amide bonds. The Labute approximate surface area is 180 Å². The minimum Gasteiger partial charge on any atom is -0.356 e. The largest absolute Gasteiger partial charge is 0.356 e. The first-order valence-corrected chi connectivity index (χ1v) is 11.1. The molecule has 1 aromatic carbocycles. The first kappa shape index (κ1) is 21.0. The Hall–Kier alpha value is -2.24. The van der Waals surface area contributed by atoms with Crippen molar-refractivity contribution in [2.75, 3.05) is 32.7 Å². The van der Waals surface area contributed by atoms with Crippen molar-refractivity contribution in [2.24, 2.45) is 17.3 Å². The molecule has 3 heterocycles. The molecule has 0 bridgehead atoms. The molecule has 0 radical (unpaired) electrons. The molecule has 1 aromatic heterocycles. The second-order valence-electron chi connectivity index (χ2n) is 9.68.